The Morgan fingerprint density at radius 2 is 1.59 bits per heavy atom. The molecule has 206 valence electrons. The van der Waals surface area contributed by atoms with Crippen molar-refractivity contribution in [2.24, 2.45) is 5.92 Å². The summed E-state index contributed by atoms with van der Waals surface area (Å²) in [5.41, 5.74) is 0.391. The Morgan fingerprint density at radius 3 is 2.14 bits per heavy atom. The van der Waals surface area contributed by atoms with Gasteiger partial charge >= 0.3 is 18.2 Å². The van der Waals surface area contributed by atoms with E-state index < -0.39 is 42.2 Å². The molecule has 0 unspecified atom stereocenters. The molecule has 10 nitrogen and oxygen atoms in total. The average molecular weight is 519 g/mol. The minimum Gasteiger partial charge on any atom is -0.444 e. The lowest BCUT2D eigenvalue weighted by molar-refractivity contribution is -0.123. The van der Waals surface area contributed by atoms with Gasteiger partial charge in [-0.3, -0.25) is 4.79 Å². The highest BCUT2D eigenvalue weighted by molar-refractivity contribution is 5.96. The fourth-order valence-corrected chi connectivity index (χ4v) is 3.86. The smallest absolute Gasteiger partial charge is 0.410 e. The number of rotatable bonds is 9. The molecule has 5 amide bonds. The number of nitrogens with one attached hydrogen (secondary N) is 1. The first-order valence-electron chi connectivity index (χ1n) is 12.9. The molecule has 1 atom stereocenters. The fraction of sp³-hybridized carbons (Fsp3) is 0.630. The van der Waals surface area contributed by atoms with Crippen molar-refractivity contribution >= 4 is 23.9 Å². The first-order chi connectivity index (χ1) is 17.4. The van der Waals surface area contributed by atoms with Gasteiger partial charge in [0, 0.05) is 32.7 Å². The number of ketones is 1. The number of aryl methyl sites for hydroxylation is 1. The zero-order valence-electron chi connectivity index (χ0n) is 22.7. The molecule has 2 rings (SSSR count). The first-order valence-corrected chi connectivity index (χ1v) is 12.9. The maximum Gasteiger partial charge on any atom is 0.410 e. The third kappa shape index (κ3) is 10.0. The third-order valence-corrected chi connectivity index (χ3v) is 6.01. The Labute approximate surface area is 219 Å². The van der Waals surface area contributed by atoms with Gasteiger partial charge in [-0.1, -0.05) is 44.2 Å². The number of hydrogen-bond acceptors (Lipinski definition) is 6. The number of carbonyl (C=O) groups is 4. The molecule has 37 heavy (non-hydrogen) atoms. The van der Waals surface area contributed by atoms with Gasteiger partial charge in [0.1, 0.15) is 12.2 Å². The van der Waals surface area contributed by atoms with Crippen LogP contribution in [0.2, 0.25) is 0 Å². The molecule has 0 radical (unpaired) electrons. The van der Waals surface area contributed by atoms with Gasteiger partial charge in [0.2, 0.25) is 0 Å². The molecule has 0 saturated carbocycles. The highest BCUT2D eigenvalue weighted by Gasteiger charge is 2.33. The van der Waals surface area contributed by atoms with Crippen LogP contribution in [0.1, 0.15) is 53.0 Å². The topological polar surface area (TPSA) is 119 Å². The van der Waals surface area contributed by atoms with Crippen LogP contribution in [0.25, 0.3) is 0 Å². The van der Waals surface area contributed by atoms with Crippen LogP contribution in [-0.2, 0) is 16.0 Å². The molecule has 1 fully saturated rings. The molecule has 1 aromatic rings. The quantitative estimate of drug-likeness (QED) is 0.518. The number of hydrogen-bond donors (Lipinski definition) is 2. The van der Waals surface area contributed by atoms with Crippen LogP contribution in [0.3, 0.4) is 0 Å². The molecule has 1 heterocycles. The number of piperazine rings is 1. The van der Waals surface area contributed by atoms with Crippen LogP contribution in [0, 0.1) is 5.92 Å². The zero-order chi connectivity index (χ0) is 27.6. The monoisotopic (exact) mass is 518 g/mol. The lowest BCUT2D eigenvalue weighted by Gasteiger charge is -2.37. The summed E-state index contributed by atoms with van der Waals surface area (Å²) in [5, 5.41) is 12.1. The standard InChI is InChI=1S/C27H42N4O6/c1-20(2)13-14-31(25(35)29-15-17-30(18-16-29)26(36)37-27(3,4)5)24(34)28-22(23(33)19-32)12-11-21-9-7-6-8-10-21/h6-10,20,22,32H,11-19H2,1-5H3,(H,28,34)/t22-/m0/s1. The van der Waals surface area contributed by atoms with E-state index in [1.165, 1.54) is 4.90 Å². The zero-order valence-corrected chi connectivity index (χ0v) is 22.7. The predicted molar refractivity (Wildman–Crippen MR) is 140 cm³/mol. The van der Waals surface area contributed by atoms with Gasteiger partial charge in [0.15, 0.2) is 5.78 Å². The van der Waals surface area contributed by atoms with Crippen LogP contribution >= 0.6 is 0 Å². The summed E-state index contributed by atoms with van der Waals surface area (Å²) in [6.45, 7) is 9.98. The lowest BCUT2D eigenvalue weighted by Crippen LogP contribution is -2.58. The van der Waals surface area contributed by atoms with Crippen molar-refractivity contribution in [3.8, 4) is 0 Å². The first kappa shape index (κ1) is 30.1. The Balaban J connectivity index is 2.06. The fourth-order valence-electron chi connectivity index (χ4n) is 3.86. The van der Waals surface area contributed by atoms with Gasteiger partial charge in [-0.2, -0.15) is 0 Å². The number of Topliss-reactive ketones (excluding diaryl/α,β-unsaturated/α-hetero) is 1. The molecule has 1 aliphatic rings. The van der Waals surface area contributed by atoms with Crippen molar-refractivity contribution < 1.29 is 29.0 Å². The molecule has 1 aromatic carbocycles. The normalized spacial score (nSPS) is 14.8. The predicted octanol–water partition coefficient (Wildman–Crippen LogP) is 3.28. The number of carbonyl (C=O) groups excluding carboxylic acids is 4. The molecule has 10 heteroatoms. The third-order valence-electron chi connectivity index (χ3n) is 6.01. The molecule has 0 spiro atoms. The second-order valence-corrected chi connectivity index (χ2v) is 10.7. The largest absolute Gasteiger partial charge is 0.444 e. The second kappa shape index (κ2) is 14.0. The van der Waals surface area contributed by atoms with Crippen molar-refractivity contribution in [3.63, 3.8) is 0 Å². The molecule has 1 aliphatic heterocycles. The number of benzene rings is 1. The SMILES string of the molecule is CC(C)CCN(C(=O)N[C@@H](CCc1ccccc1)C(=O)CO)C(=O)N1CCN(C(=O)OC(C)(C)C)CC1. The highest BCUT2D eigenvalue weighted by Crippen LogP contribution is 2.14. The van der Waals surface area contributed by atoms with Crippen LogP contribution < -0.4 is 5.32 Å². The number of amides is 5. The number of imide groups is 1. The maximum atomic E-state index is 13.4. The van der Waals surface area contributed by atoms with Crippen molar-refractivity contribution in [2.45, 2.75) is 65.5 Å². The van der Waals surface area contributed by atoms with Gasteiger partial charge in [0.25, 0.3) is 0 Å². The summed E-state index contributed by atoms with van der Waals surface area (Å²) in [6.07, 6.45) is 0.998. The number of ether oxygens (including phenoxy) is 1. The van der Waals surface area contributed by atoms with E-state index >= 15 is 0 Å². The maximum absolute atomic E-state index is 13.4. The van der Waals surface area contributed by atoms with E-state index in [1.807, 2.05) is 44.2 Å². The van der Waals surface area contributed by atoms with E-state index in [2.05, 4.69) is 5.32 Å². The van der Waals surface area contributed by atoms with E-state index in [-0.39, 0.29) is 25.6 Å². The van der Waals surface area contributed by atoms with E-state index in [1.54, 1.807) is 25.7 Å². The van der Waals surface area contributed by atoms with Gasteiger partial charge < -0.3 is 25.0 Å². The van der Waals surface area contributed by atoms with Crippen LogP contribution in [0.15, 0.2) is 30.3 Å². The van der Waals surface area contributed by atoms with Crippen molar-refractivity contribution in [1.29, 1.82) is 0 Å². The Morgan fingerprint density at radius 1 is 1.00 bits per heavy atom. The Bertz CT molecular complexity index is 907. The minimum absolute atomic E-state index is 0.188. The molecular formula is C27H42N4O6. The molecule has 2 N–H and O–H groups in total. The summed E-state index contributed by atoms with van der Waals surface area (Å²) in [5.74, 6) is -0.258. The molecule has 1 saturated heterocycles. The average Bonchev–Trinajstić information content (AvgIpc) is 2.85. The van der Waals surface area contributed by atoms with E-state index in [9.17, 15) is 24.3 Å². The highest BCUT2D eigenvalue weighted by atomic mass is 16.6. The van der Waals surface area contributed by atoms with Crippen LogP contribution in [-0.4, -0.2) is 94.7 Å². The minimum atomic E-state index is -0.920. The number of nitrogens with zero attached hydrogens (tertiary/aromatic N) is 3. The summed E-state index contributed by atoms with van der Waals surface area (Å²) in [7, 11) is 0. The summed E-state index contributed by atoms with van der Waals surface area (Å²) < 4.78 is 5.41. The van der Waals surface area contributed by atoms with Gasteiger partial charge in [-0.05, 0) is 51.5 Å². The molecule has 0 aliphatic carbocycles. The molecule has 0 aromatic heterocycles. The van der Waals surface area contributed by atoms with Crippen LogP contribution in [0.5, 0.6) is 0 Å². The lowest BCUT2D eigenvalue weighted by atomic mass is 10.0. The Kier molecular flexibility index (Phi) is 11.4. The van der Waals surface area contributed by atoms with Crippen LogP contribution in [0.4, 0.5) is 14.4 Å². The number of aliphatic hydroxyl groups is 1. The summed E-state index contributed by atoms with van der Waals surface area (Å²) >= 11 is 0. The number of urea groups is 2. The van der Waals surface area contributed by atoms with E-state index in [0.717, 1.165) is 10.5 Å². The van der Waals surface area contributed by atoms with Crippen molar-refractivity contribution in [3.05, 3.63) is 35.9 Å². The summed E-state index contributed by atoms with van der Waals surface area (Å²) in [4.78, 5) is 55.6. The molecular weight excluding hydrogens is 476 g/mol. The van der Waals surface area contributed by atoms with Gasteiger partial charge in [-0.25, -0.2) is 19.3 Å². The van der Waals surface area contributed by atoms with Crippen molar-refractivity contribution in [1.82, 2.24) is 20.0 Å². The molecule has 0 bridgehead atoms. The summed E-state index contributed by atoms with van der Waals surface area (Å²) in [6, 6.07) is 7.48. The second-order valence-electron chi connectivity index (χ2n) is 10.7. The van der Waals surface area contributed by atoms with Gasteiger partial charge in [0.05, 0.1) is 6.04 Å². The van der Waals surface area contributed by atoms with E-state index in [4.69, 9.17) is 4.74 Å². The van der Waals surface area contributed by atoms with Crippen molar-refractivity contribution in [2.75, 3.05) is 39.3 Å². The van der Waals surface area contributed by atoms with E-state index in [0.29, 0.717) is 32.4 Å². The Hall–Kier alpha value is -3.14. The van der Waals surface area contributed by atoms with Gasteiger partial charge in [-0.15, -0.1) is 0 Å². The number of aliphatic hydroxyl groups excluding tert-OH is 1.